The van der Waals surface area contributed by atoms with Gasteiger partial charge in [0.2, 0.25) is 0 Å². The summed E-state index contributed by atoms with van der Waals surface area (Å²) in [6.45, 7) is 11.6. The van der Waals surface area contributed by atoms with Gasteiger partial charge in [0.1, 0.15) is 0 Å². The van der Waals surface area contributed by atoms with Crippen LogP contribution in [0.1, 0.15) is 99.4 Å². The molecule has 0 bridgehead atoms. The van der Waals surface area contributed by atoms with E-state index in [1.807, 2.05) is 11.3 Å². The molecule has 0 N–H and O–H groups in total. The SMILES string of the molecule is CCCCCCCCC(CC)Cc1c(C)sc(C)c1CCC. The van der Waals surface area contributed by atoms with E-state index in [1.165, 1.54) is 70.6 Å². The van der Waals surface area contributed by atoms with Gasteiger partial charge in [-0.1, -0.05) is 78.6 Å². The van der Waals surface area contributed by atoms with Crippen LogP contribution in [0.15, 0.2) is 0 Å². The van der Waals surface area contributed by atoms with Crippen LogP contribution in [0.3, 0.4) is 0 Å². The van der Waals surface area contributed by atoms with Crippen LogP contribution in [0.25, 0.3) is 0 Å². The number of hydrogen-bond acceptors (Lipinski definition) is 1. The van der Waals surface area contributed by atoms with Gasteiger partial charge in [0.05, 0.1) is 0 Å². The molecule has 0 spiro atoms. The van der Waals surface area contributed by atoms with Crippen molar-refractivity contribution in [1.82, 2.24) is 0 Å². The highest BCUT2D eigenvalue weighted by atomic mass is 32.1. The Morgan fingerprint density at radius 3 is 2.05 bits per heavy atom. The van der Waals surface area contributed by atoms with Crippen molar-refractivity contribution in [3.8, 4) is 0 Å². The van der Waals surface area contributed by atoms with Crippen molar-refractivity contribution in [2.75, 3.05) is 0 Å². The maximum absolute atomic E-state index is 2.38. The third kappa shape index (κ3) is 6.44. The molecule has 0 saturated heterocycles. The fraction of sp³-hybridized carbons (Fsp3) is 0.810. The molecule has 0 aromatic carbocycles. The average molecular weight is 323 g/mol. The highest BCUT2D eigenvalue weighted by Gasteiger charge is 2.16. The molecular weight excluding hydrogens is 284 g/mol. The average Bonchev–Trinajstić information content (AvgIpc) is 2.76. The van der Waals surface area contributed by atoms with Crippen LogP contribution in [0, 0.1) is 19.8 Å². The molecular formula is C21H38S. The zero-order valence-corrected chi connectivity index (χ0v) is 16.6. The number of hydrogen-bond donors (Lipinski definition) is 0. The Morgan fingerprint density at radius 2 is 1.41 bits per heavy atom. The summed E-state index contributed by atoms with van der Waals surface area (Å²) in [6, 6.07) is 0. The molecule has 0 radical (unpaired) electrons. The van der Waals surface area contributed by atoms with Crippen molar-refractivity contribution in [3.63, 3.8) is 0 Å². The molecule has 1 aromatic rings. The van der Waals surface area contributed by atoms with Gasteiger partial charge in [-0.2, -0.15) is 0 Å². The Balaban J connectivity index is 2.48. The number of unbranched alkanes of at least 4 members (excludes halogenated alkanes) is 5. The summed E-state index contributed by atoms with van der Waals surface area (Å²) >= 11 is 2.03. The molecule has 22 heavy (non-hydrogen) atoms. The van der Waals surface area contributed by atoms with E-state index in [2.05, 4.69) is 34.6 Å². The fourth-order valence-electron chi connectivity index (χ4n) is 3.57. The Morgan fingerprint density at radius 1 is 0.773 bits per heavy atom. The zero-order valence-electron chi connectivity index (χ0n) is 15.8. The van der Waals surface area contributed by atoms with Gasteiger partial charge in [-0.05, 0) is 43.7 Å². The van der Waals surface area contributed by atoms with Gasteiger partial charge in [-0.15, -0.1) is 11.3 Å². The van der Waals surface area contributed by atoms with Gasteiger partial charge < -0.3 is 0 Å². The highest BCUT2D eigenvalue weighted by molar-refractivity contribution is 7.12. The van der Waals surface area contributed by atoms with Crippen LogP contribution >= 0.6 is 11.3 Å². The second-order valence-electron chi connectivity index (χ2n) is 6.96. The van der Waals surface area contributed by atoms with Crippen LogP contribution < -0.4 is 0 Å². The molecule has 1 unspecified atom stereocenters. The van der Waals surface area contributed by atoms with E-state index in [-0.39, 0.29) is 0 Å². The Bertz CT molecular complexity index is 402. The van der Waals surface area contributed by atoms with Crippen LogP contribution in [0.5, 0.6) is 0 Å². The van der Waals surface area contributed by atoms with Gasteiger partial charge >= 0.3 is 0 Å². The summed E-state index contributed by atoms with van der Waals surface area (Å²) in [4.78, 5) is 3.16. The van der Waals surface area contributed by atoms with E-state index in [0.29, 0.717) is 0 Å². The molecule has 1 rings (SSSR count). The minimum Gasteiger partial charge on any atom is -0.145 e. The van der Waals surface area contributed by atoms with Crippen molar-refractivity contribution in [2.45, 2.75) is 105 Å². The lowest BCUT2D eigenvalue weighted by atomic mass is 9.89. The van der Waals surface area contributed by atoms with Crippen LogP contribution in [-0.2, 0) is 12.8 Å². The van der Waals surface area contributed by atoms with Crippen molar-refractivity contribution >= 4 is 11.3 Å². The standard InChI is InChI=1S/C21H38S/c1-6-9-10-11-12-13-15-19(8-3)16-21-18(5)22-17(4)20(21)14-7-2/h19H,6-16H2,1-5H3. The van der Waals surface area contributed by atoms with Crippen LogP contribution in [-0.4, -0.2) is 0 Å². The van der Waals surface area contributed by atoms with Crippen LogP contribution in [0.4, 0.5) is 0 Å². The normalized spacial score (nSPS) is 12.8. The van der Waals surface area contributed by atoms with E-state index in [9.17, 15) is 0 Å². The molecule has 0 fully saturated rings. The summed E-state index contributed by atoms with van der Waals surface area (Å²) in [5.41, 5.74) is 3.40. The summed E-state index contributed by atoms with van der Waals surface area (Å²) in [6.07, 6.45) is 15.2. The van der Waals surface area contributed by atoms with Gasteiger partial charge in [-0.3, -0.25) is 0 Å². The Labute approximate surface area is 143 Å². The smallest absolute Gasteiger partial charge is 0.00519 e. The summed E-state index contributed by atoms with van der Waals surface area (Å²) < 4.78 is 0. The van der Waals surface area contributed by atoms with Crippen molar-refractivity contribution in [1.29, 1.82) is 0 Å². The van der Waals surface area contributed by atoms with Gasteiger partial charge in [-0.25, -0.2) is 0 Å². The number of rotatable bonds is 12. The first kappa shape index (κ1) is 19.7. The van der Waals surface area contributed by atoms with E-state index < -0.39 is 0 Å². The monoisotopic (exact) mass is 322 g/mol. The molecule has 0 aliphatic carbocycles. The minimum atomic E-state index is 0.898. The van der Waals surface area contributed by atoms with E-state index in [0.717, 1.165) is 5.92 Å². The molecule has 128 valence electrons. The van der Waals surface area contributed by atoms with E-state index in [1.54, 1.807) is 20.9 Å². The quantitative estimate of drug-likeness (QED) is 0.347. The van der Waals surface area contributed by atoms with Gasteiger partial charge in [0.25, 0.3) is 0 Å². The predicted molar refractivity (Wildman–Crippen MR) is 103 cm³/mol. The van der Waals surface area contributed by atoms with Gasteiger partial charge in [0, 0.05) is 9.75 Å². The first-order valence-electron chi connectivity index (χ1n) is 9.71. The van der Waals surface area contributed by atoms with Gasteiger partial charge in [0.15, 0.2) is 0 Å². The first-order valence-corrected chi connectivity index (χ1v) is 10.5. The molecule has 0 aliphatic heterocycles. The lowest BCUT2D eigenvalue weighted by Crippen LogP contribution is -2.06. The molecule has 0 saturated carbocycles. The van der Waals surface area contributed by atoms with E-state index in [4.69, 9.17) is 0 Å². The Kier molecular flexibility index (Phi) is 10.1. The minimum absolute atomic E-state index is 0.898. The molecule has 0 aliphatic rings. The van der Waals surface area contributed by atoms with Crippen molar-refractivity contribution in [3.05, 3.63) is 20.9 Å². The largest absolute Gasteiger partial charge is 0.145 e. The maximum Gasteiger partial charge on any atom is 0.00519 e. The highest BCUT2D eigenvalue weighted by Crippen LogP contribution is 2.32. The molecule has 0 amide bonds. The topological polar surface area (TPSA) is 0 Å². The lowest BCUT2D eigenvalue weighted by molar-refractivity contribution is 0.435. The third-order valence-electron chi connectivity index (χ3n) is 5.06. The first-order chi connectivity index (χ1) is 10.6. The van der Waals surface area contributed by atoms with Crippen LogP contribution in [0.2, 0.25) is 0 Å². The summed E-state index contributed by atoms with van der Waals surface area (Å²) in [5, 5.41) is 0. The number of aryl methyl sites for hydroxylation is 2. The lowest BCUT2D eigenvalue weighted by Gasteiger charge is -2.16. The molecule has 0 nitrogen and oxygen atoms in total. The van der Waals surface area contributed by atoms with Crippen molar-refractivity contribution in [2.24, 2.45) is 5.92 Å². The molecule has 1 atom stereocenters. The second kappa shape index (κ2) is 11.3. The summed E-state index contributed by atoms with van der Waals surface area (Å²) in [7, 11) is 0. The maximum atomic E-state index is 2.38. The molecule has 1 heterocycles. The molecule has 1 aromatic heterocycles. The third-order valence-corrected chi connectivity index (χ3v) is 6.16. The number of thiophene rings is 1. The summed E-state index contributed by atoms with van der Waals surface area (Å²) in [5.74, 6) is 0.898. The van der Waals surface area contributed by atoms with E-state index >= 15 is 0 Å². The molecule has 1 heteroatoms. The van der Waals surface area contributed by atoms with Crippen molar-refractivity contribution < 1.29 is 0 Å². The zero-order chi connectivity index (χ0) is 16.4. The predicted octanol–water partition coefficient (Wildman–Crippen LogP) is 7.64. The second-order valence-corrected chi connectivity index (χ2v) is 8.39. The fourth-order valence-corrected chi connectivity index (χ4v) is 4.71. The Hall–Kier alpha value is -0.300.